The Morgan fingerprint density at radius 2 is 1.79 bits per heavy atom. The summed E-state index contributed by atoms with van der Waals surface area (Å²) in [4.78, 5) is 37.1. The van der Waals surface area contributed by atoms with Crippen molar-refractivity contribution in [3.63, 3.8) is 0 Å². The van der Waals surface area contributed by atoms with E-state index < -0.39 is 16.1 Å². The molecule has 0 atom stereocenters. The second-order valence-electron chi connectivity index (χ2n) is 7.14. The van der Waals surface area contributed by atoms with E-state index in [0.717, 1.165) is 27.8 Å². The Morgan fingerprint density at radius 3 is 2.52 bits per heavy atom. The Morgan fingerprint density at radius 1 is 1.03 bits per heavy atom. The smallest absolute Gasteiger partial charge is 0.293 e. The van der Waals surface area contributed by atoms with Crippen LogP contribution >= 0.6 is 23.4 Å². The minimum Gasteiger partial charge on any atom is -0.489 e. The number of carbonyl (C=O) groups excluding carboxylic acids is 2. The summed E-state index contributed by atoms with van der Waals surface area (Å²) < 4.78 is 5.76. The third-order valence-corrected chi connectivity index (χ3v) is 6.01. The van der Waals surface area contributed by atoms with Crippen molar-refractivity contribution in [3.05, 3.63) is 110 Å². The molecule has 0 spiro atoms. The van der Waals surface area contributed by atoms with Crippen molar-refractivity contribution in [1.29, 1.82) is 0 Å². The number of carbonyl (C=O) groups is 2. The van der Waals surface area contributed by atoms with Crippen LogP contribution in [0.25, 0.3) is 6.08 Å². The number of hydrogen-bond donors (Lipinski definition) is 0. The molecule has 1 fully saturated rings. The molecule has 1 saturated heterocycles. The van der Waals surface area contributed by atoms with Gasteiger partial charge in [0.1, 0.15) is 12.4 Å². The number of hydrogen-bond acceptors (Lipinski definition) is 6. The summed E-state index contributed by atoms with van der Waals surface area (Å²) in [6.07, 6.45) is 1.62. The van der Waals surface area contributed by atoms with Gasteiger partial charge in [0, 0.05) is 16.7 Å². The lowest BCUT2D eigenvalue weighted by Crippen LogP contribution is -2.27. The van der Waals surface area contributed by atoms with Crippen LogP contribution in [-0.2, 0) is 17.9 Å². The highest BCUT2D eigenvalue weighted by Crippen LogP contribution is 2.34. The first-order valence-corrected chi connectivity index (χ1v) is 11.0. The summed E-state index contributed by atoms with van der Waals surface area (Å²) >= 11 is 6.79. The highest BCUT2D eigenvalue weighted by molar-refractivity contribution is 8.18. The summed E-state index contributed by atoms with van der Waals surface area (Å²) in [7, 11) is 0. The maximum atomic E-state index is 12.8. The van der Waals surface area contributed by atoms with Crippen LogP contribution in [0.15, 0.2) is 77.7 Å². The predicted octanol–water partition coefficient (Wildman–Crippen LogP) is 6.06. The fraction of sp³-hybridized carbons (Fsp3) is 0.0833. The van der Waals surface area contributed by atoms with E-state index in [1.54, 1.807) is 42.5 Å². The number of thioether (sulfide) groups is 1. The maximum absolute atomic E-state index is 12.8. The minimum atomic E-state index is -0.528. The van der Waals surface area contributed by atoms with E-state index in [2.05, 4.69) is 0 Å². The van der Waals surface area contributed by atoms with Crippen molar-refractivity contribution in [1.82, 2.24) is 4.90 Å². The van der Waals surface area contributed by atoms with E-state index >= 15 is 0 Å². The molecule has 0 N–H and O–H groups in total. The molecule has 33 heavy (non-hydrogen) atoms. The topological polar surface area (TPSA) is 89.8 Å². The Kier molecular flexibility index (Phi) is 6.76. The largest absolute Gasteiger partial charge is 0.489 e. The Bertz CT molecular complexity index is 1260. The second kappa shape index (κ2) is 9.89. The highest BCUT2D eigenvalue weighted by Gasteiger charge is 2.36. The van der Waals surface area contributed by atoms with Gasteiger partial charge in [0.15, 0.2) is 0 Å². The number of ether oxygens (including phenoxy) is 1. The Balaban J connectivity index is 1.43. The number of nitro benzene ring substituents is 1. The van der Waals surface area contributed by atoms with E-state index in [4.69, 9.17) is 16.3 Å². The molecule has 1 heterocycles. The lowest BCUT2D eigenvalue weighted by atomic mass is 10.1. The summed E-state index contributed by atoms with van der Waals surface area (Å²) in [6, 6.07) is 20.6. The molecule has 0 unspecified atom stereocenters. The van der Waals surface area contributed by atoms with Gasteiger partial charge in [-0.3, -0.25) is 24.6 Å². The molecule has 0 radical (unpaired) electrons. The standard InChI is InChI=1S/C24H17ClN2O5S/c25-19-6-3-4-17(12-19)15-32-20-10-8-16(9-11-20)13-22-23(28)26(24(29)33-22)14-18-5-1-2-7-21(18)27(30)31/h1-13H,14-15H2/b22-13-. The van der Waals surface area contributed by atoms with Crippen molar-refractivity contribution >= 4 is 46.3 Å². The monoisotopic (exact) mass is 480 g/mol. The zero-order valence-electron chi connectivity index (χ0n) is 17.1. The van der Waals surface area contributed by atoms with Crippen molar-refractivity contribution in [2.75, 3.05) is 0 Å². The first kappa shape index (κ1) is 22.6. The SMILES string of the molecule is O=C1S/C(=C\c2ccc(OCc3cccc(Cl)c3)cc2)C(=O)N1Cc1ccccc1[N+](=O)[O-]. The number of benzene rings is 3. The van der Waals surface area contributed by atoms with E-state index in [-0.39, 0.29) is 17.1 Å². The molecule has 7 nitrogen and oxygen atoms in total. The molecule has 4 rings (SSSR count). The van der Waals surface area contributed by atoms with Gasteiger partial charge in [-0.15, -0.1) is 0 Å². The molecule has 3 aromatic rings. The van der Waals surface area contributed by atoms with Crippen LogP contribution in [0.1, 0.15) is 16.7 Å². The molecular formula is C24H17ClN2O5S. The number of nitro groups is 1. The molecule has 3 aromatic carbocycles. The Labute approximate surface area is 198 Å². The van der Waals surface area contributed by atoms with Crippen LogP contribution in [0, 0.1) is 10.1 Å². The first-order chi connectivity index (χ1) is 15.9. The van der Waals surface area contributed by atoms with Crippen molar-refractivity contribution in [2.45, 2.75) is 13.2 Å². The summed E-state index contributed by atoms with van der Waals surface area (Å²) in [5, 5.41) is 11.4. The number of para-hydroxylation sites is 1. The zero-order chi connectivity index (χ0) is 23.4. The molecule has 166 valence electrons. The minimum absolute atomic E-state index is 0.131. The average molecular weight is 481 g/mol. The van der Waals surface area contributed by atoms with Gasteiger partial charge >= 0.3 is 0 Å². The first-order valence-electron chi connectivity index (χ1n) is 9.86. The molecule has 0 aromatic heterocycles. The number of amides is 2. The molecule has 2 amide bonds. The molecule has 1 aliphatic rings. The third kappa shape index (κ3) is 5.42. The van der Waals surface area contributed by atoms with E-state index in [1.165, 1.54) is 18.2 Å². The van der Waals surface area contributed by atoms with Crippen molar-refractivity contribution in [2.24, 2.45) is 0 Å². The van der Waals surface area contributed by atoms with Crippen molar-refractivity contribution < 1.29 is 19.2 Å². The Hall–Kier alpha value is -3.62. The van der Waals surface area contributed by atoms with Crippen LogP contribution in [0.4, 0.5) is 10.5 Å². The average Bonchev–Trinajstić information content (AvgIpc) is 3.06. The van der Waals surface area contributed by atoms with Gasteiger partial charge in [-0.1, -0.05) is 54.1 Å². The highest BCUT2D eigenvalue weighted by atomic mass is 35.5. The van der Waals surface area contributed by atoms with Crippen LogP contribution in [0.2, 0.25) is 5.02 Å². The van der Waals surface area contributed by atoms with Gasteiger partial charge in [-0.05, 0) is 53.2 Å². The summed E-state index contributed by atoms with van der Waals surface area (Å²) in [6.45, 7) is 0.208. The van der Waals surface area contributed by atoms with Crippen LogP contribution in [0.5, 0.6) is 5.75 Å². The normalized spacial score (nSPS) is 14.7. The number of imide groups is 1. The van der Waals surface area contributed by atoms with E-state index in [1.807, 2.05) is 18.2 Å². The molecule has 0 aliphatic carbocycles. The number of rotatable bonds is 7. The third-order valence-electron chi connectivity index (χ3n) is 4.86. The fourth-order valence-electron chi connectivity index (χ4n) is 3.23. The molecule has 0 saturated carbocycles. The number of nitrogens with zero attached hydrogens (tertiary/aromatic N) is 2. The van der Waals surface area contributed by atoms with Gasteiger partial charge < -0.3 is 4.74 Å². The fourth-order valence-corrected chi connectivity index (χ4v) is 4.29. The lowest BCUT2D eigenvalue weighted by molar-refractivity contribution is -0.385. The van der Waals surface area contributed by atoms with Gasteiger partial charge in [0.05, 0.1) is 16.4 Å². The molecular weight excluding hydrogens is 464 g/mol. The number of halogens is 1. The van der Waals surface area contributed by atoms with Gasteiger partial charge in [-0.25, -0.2) is 0 Å². The van der Waals surface area contributed by atoms with Gasteiger partial charge in [-0.2, -0.15) is 0 Å². The van der Waals surface area contributed by atoms with Crippen LogP contribution in [-0.4, -0.2) is 21.0 Å². The van der Waals surface area contributed by atoms with Gasteiger partial charge in [0.2, 0.25) is 0 Å². The second-order valence-corrected chi connectivity index (χ2v) is 8.57. The van der Waals surface area contributed by atoms with Crippen molar-refractivity contribution in [3.8, 4) is 5.75 Å². The summed E-state index contributed by atoms with van der Waals surface area (Å²) in [5.74, 6) is 0.168. The quantitative estimate of drug-likeness (QED) is 0.232. The zero-order valence-corrected chi connectivity index (χ0v) is 18.7. The predicted molar refractivity (Wildman–Crippen MR) is 127 cm³/mol. The van der Waals surface area contributed by atoms with E-state index in [0.29, 0.717) is 22.9 Å². The van der Waals surface area contributed by atoms with E-state index in [9.17, 15) is 19.7 Å². The van der Waals surface area contributed by atoms with Crippen LogP contribution in [0.3, 0.4) is 0 Å². The lowest BCUT2D eigenvalue weighted by Gasteiger charge is -2.12. The molecule has 0 bridgehead atoms. The molecule has 9 heteroatoms. The maximum Gasteiger partial charge on any atom is 0.293 e. The van der Waals surface area contributed by atoms with Gasteiger partial charge in [0.25, 0.3) is 16.8 Å². The summed E-state index contributed by atoms with van der Waals surface area (Å²) in [5.41, 5.74) is 1.83. The van der Waals surface area contributed by atoms with Crippen LogP contribution < -0.4 is 4.74 Å². The molecule has 1 aliphatic heterocycles.